The smallest absolute Gasteiger partial charge is 0.168 e. The van der Waals surface area contributed by atoms with E-state index in [-0.39, 0.29) is 18.0 Å². The van der Waals surface area contributed by atoms with Crippen molar-refractivity contribution < 1.29 is 13.5 Å². The molecular weight excluding hydrogens is 342 g/mol. The van der Waals surface area contributed by atoms with E-state index in [1.807, 2.05) is 0 Å². The number of methoxy groups -OCH3 is 1. The zero-order valence-corrected chi connectivity index (χ0v) is 13.0. The molecule has 2 aromatic carbocycles. The molecule has 21 heavy (non-hydrogen) atoms. The van der Waals surface area contributed by atoms with Gasteiger partial charge in [-0.3, -0.25) is 11.3 Å². The first-order valence-electron chi connectivity index (χ1n) is 6.29. The van der Waals surface area contributed by atoms with E-state index in [0.717, 1.165) is 0 Å². The van der Waals surface area contributed by atoms with E-state index in [4.69, 9.17) is 10.6 Å². The Morgan fingerprint density at radius 3 is 2.71 bits per heavy atom. The Kier molecular flexibility index (Phi) is 5.27. The van der Waals surface area contributed by atoms with Crippen LogP contribution in [0.1, 0.15) is 17.2 Å². The number of nitrogens with one attached hydrogen (secondary N) is 1. The second-order valence-corrected chi connectivity index (χ2v) is 5.38. The standard InChI is InChI=1S/C15H15BrF2N2O/c1-21-14-4-2-3-9(15(14)18)7-13(20-19)11-8-10(17)5-6-12(11)16/h2-6,8,13,20H,7,19H2,1H3. The predicted octanol–water partition coefficient (Wildman–Crippen LogP) is 3.48. The molecule has 0 aromatic heterocycles. The summed E-state index contributed by atoms with van der Waals surface area (Å²) in [7, 11) is 1.41. The molecule has 0 saturated carbocycles. The SMILES string of the molecule is COc1cccc(CC(NN)c2cc(F)ccc2Br)c1F. The maximum Gasteiger partial charge on any atom is 0.168 e. The fraction of sp³-hybridized carbons (Fsp3) is 0.200. The second kappa shape index (κ2) is 6.98. The minimum Gasteiger partial charge on any atom is -0.494 e. The predicted molar refractivity (Wildman–Crippen MR) is 80.8 cm³/mol. The van der Waals surface area contributed by atoms with Gasteiger partial charge in [-0.15, -0.1) is 0 Å². The molecule has 3 N–H and O–H groups in total. The molecule has 0 aliphatic heterocycles. The third kappa shape index (κ3) is 3.58. The topological polar surface area (TPSA) is 47.3 Å². The fourth-order valence-corrected chi connectivity index (χ4v) is 2.65. The number of benzene rings is 2. The number of hydrazine groups is 1. The van der Waals surface area contributed by atoms with Gasteiger partial charge in [-0.1, -0.05) is 28.1 Å². The lowest BCUT2D eigenvalue weighted by Gasteiger charge is -2.19. The average Bonchev–Trinajstić information content (AvgIpc) is 2.49. The largest absolute Gasteiger partial charge is 0.494 e. The molecule has 0 fully saturated rings. The summed E-state index contributed by atoms with van der Waals surface area (Å²) in [5, 5.41) is 0. The normalized spacial score (nSPS) is 12.2. The molecule has 0 amide bonds. The highest BCUT2D eigenvalue weighted by atomic mass is 79.9. The summed E-state index contributed by atoms with van der Waals surface area (Å²) in [5.74, 6) is 4.90. The third-order valence-electron chi connectivity index (χ3n) is 3.22. The van der Waals surface area contributed by atoms with Gasteiger partial charge >= 0.3 is 0 Å². The van der Waals surface area contributed by atoms with Crippen LogP contribution in [0.4, 0.5) is 8.78 Å². The van der Waals surface area contributed by atoms with E-state index in [1.165, 1.54) is 19.2 Å². The van der Waals surface area contributed by atoms with Gasteiger partial charge in [0.15, 0.2) is 11.6 Å². The zero-order valence-electron chi connectivity index (χ0n) is 11.4. The Morgan fingerprint density at radius 2 is 2.05 bits per heavy atom. The quantitative estimate of drug-likeness (QED) is 0.636. The highest BCUT2D eigenvalue weighted by Gasteiger charge is 2.18. The number of rotatable bonds is 5. The molecule has 112 valence electrons. The summed E-state index contributed by atoms with van der Waals surface area (Å²) in [6.07, 6.45) is 0.265. The van der Waals surface area contributed by atoms with Crippen molar-refractivity contribution in [3.63, 3.8) is 0 Å². The van der Waals surface area contributed by atoms with Gasteiger partial charge in [-0.25, -0.2) is 8.78 Å². The van der Waals surface area contributed by atoms with Gasteiger partial charge < -0.3 is 4.74 Å². The molecule has 0 bridgehead atoms. The zero-order chi connectivity index (χ0) is 15.4. The van der Waals surface area contributed by atoms with E-state index >= 15 is 0 Å². The number of hydrogen-bond donors (Lipinski definition) is 2. The van der Waals surface area contributed by atoms with Crippen LogP contribution in [0.15, 0.2) is 40.9 Å². The van der Waals surface area contributed by atoms with E-state index in [2.05, 4.69) is 21.4 Å². The molecule has 0 spiro atoms. The van der Waals surface area contributed by atoms with E-state index in [9.17, 15) is 8.78 Å². The van der Waals surface area contributed by atoms with Gasteiger partial charge in [-0.2, -0.15) is 0 Å². The number of ether oxygens (including phenoxy) is 1. The Hall–Kier alpha value is -1.50. The summed E-state index contributed by atoms with van der Waals surface area (Å²) in [4.78, 5) is 0. The first-order valence-corrected chi connectivity index (χ1v) is 7.08. The lowest BCUT2D eigenvalue weighted by molar-refractivity contribution is 0.382. The van der Waals surface area contributed by atoms with Crippen LogP contribution < -0.4 is 16.0 Å². The van der Waals surface area contributed by atoms with Gasteiger partial charge in [0.1, 0.15) is 5.82 Å². The average molecular weight is 357 g/mol. The molecule has 0 radical (unpaired) electrons. The highest BCUT2D eigenvalue weighted by molar-refractivity contribution is 9.10. The number of nitrogens with two attached hydrogens (primary N) is 1. The summed E-state index contributed by atoms with van der Waals surface area (Å²) in [6, 6.07) is 8.76. The van der Waals surface area contributed by atoms with Crippen molar-refractivity contribution in [3.05, 3.63) is 63.6 Å². The fourth-order valence-electron chi connectivity index (χ4n) is 2.13. The first-order chi connectivity index (χ1) is 10.1. The van der Waals surface area contributed by atoms with Crippen LogP contribution in [0.3, 0.4) is 0 Å². The van der Waals surface area contributed by atoms with Crippen molar-refractivity contribution in [2.24, 2.45) is 5.84 Å². The van der Waals surface area contributed by atoms with Crippen LogP contribution in [0.25, 0.3) is 0 Å². The molecule has 0 saturated heterocycles. The second-order valence-electron chi connectivity index (χ2n) is 4.52. The van der Waals surface area contributed by atoms with Crippen LogP contribution in [-0.2, 0) is 6.42 Å². The highest BCUT2D eigenvalue weighted by Crippen LogP contribution is 2.29. The maximum absolute atomic E-state index is 14.2. The molecule has 0 aliphatic carbocycles. The van der Waals surface area contributed by atoms with E-state index in [1.54, 1.807) is 24.3 Å². The molecule has 0 heterocycles. The monoisotopic (exact) mass is 356 g/mol. The minimum atomic E-state index is -0.437. The van der Waals surface area contributed by atoms with Crippen molar-refractivity contribution in [3.8, 4) is 5.75 Å². The number of hydrogen-bond acceptors (Lipinski definition) is 3. The van der Waals surface area contributed by atoms with Crippen LogP contribution >= 0.6 is 15.9 Å². The van der Waals surface area contributed by atoms with E-state index in [0.29, 0.717) is 15.6 Å². The Bertz CT molecular complexity index is 637. The van der Waals surface area contributed by atoms with Crippen molar-refractivity contribution in [2.75, 3.05) is 7.11 Å². The molecular formula is C15H15BrF2N2O. The van der Waals surface area contributed by atoms with Gasteiger partial charge in [0.2, 0.25) is 0 Å². The first kappa shape index (κ1) is 15.9. The Morgan fingerprint density at radius 1 is 1.29 bits per heavy atom. The summed E-state index contributed by atoms with van der Waals surface area (Å²) in [6.45, 7) is 0. The van der Waals surface area contributed by atoms with Gasteiger partial charge in [0.05, 0.1) is 13.2 Å². The van der Waals surface area contributed by atoms with Crippen molar-refractivity contribution in [2.45, 2.75) is 12.5 Å². The minimum absolute atomic E-state index is 0.168. The van der Waals surface area contributed by atoms with Crippen molar-refractivity contribution in [1.29, 1.82) is 0 Å². The Labute approximate surface area is 130 Å². The summed E-state index contributed by atoms with van der Waals surface area (Å²) in [5.41, 5.74) is 3.66. The van der Waals surface area contributed by atoms with Crippen molar-refractivity contribution >= 4 is 15.9 Å². The molecule has 3 nitrogen and oxygen atoms in total. The molecule has 2 aromatic rings. The molecule has 1 atom stereocenters. The molecule has 0 aliphatic rings. The molecule has 1 unspecified atom stereocenters. The van der Waals surface area contributed by atoms with Crippen LogP contribution in [0.5, 0.6) is 5.75 Å². The van der Waals surface area contributed by atoms with Gasteiger partial charge in [0, 0.05) is 4.47 Å². The third-order valence-corrected chi connectivity index (χ3v) is 3.94. The maximum atomic E-state index is 14.2. The lowest BCUT2D eigenvalue weighted by atomic mass is 9.98. The lowest BCUT2D eigenvalue weighted by Crippen LogP contribution is -2.30. The van der Waals surface area contributed by atoms with Crippen LogP contribution in [-0.4, -0.2) is 7.11 Å². The van der Waals surface area contributed by atoms with Crippen molar-refractivity contribution in [1.82, 2.24) is 5.43 Å². The Balaban J connectivity index is 2.33. The molecule has 2 rings (SSSR count). The van der Waals surface area contributed by atoms with Crippen LogP contribution in [0.2, 0.25) is 0 Å². The van der Waals surface area contributed by atoms with Crippen LogP contribution in [0, 0.1) is 11.6 Å². The summed E-state index contributed by atoms with van der Waals surface area (Å²) < 4.78 is 33.2. The number of halogens is 3. The van der Waals surface area contributed by atoms with E-state index < -0.39 is 11.9 Å². The molecule has 6 heteroatoms. The summed E-state index contributed by atoms with van der Waals surface area (Å²) >= 11 is 3.35. The van der Waals surface area contributed by atoms with Gasteiger partial charge in [-0.05, 0) is 41.8 Å². The van der Waals surface area contributed by atoms with Gasteiger partial charge in [0.25, 0.3) is 0 Å².